The van der Waals surface area contributed by atoms with Crippen molar-refractivity contribution in [2.75, 3.05) is 4.72 Å². The number of nitrogens with one attached hydrogen (secondary N) is 1. The van der Waals surface area contributed by atoms with Crippen molar-refractivity contribution in [3.8, 4) is 5.75 Å². The second-order valence-electron chi connectivity index (χ2n) is 7.65. The maximum atomic E-state index is 14.8. The van der Waals surface area contributed by atoms with Crippen LogP contribution in [-0.4, -0.2) is 40.2 Å². The van der Waals surface area contributed by atoms with Crippen molar-refractivity contribution >= 4 is 15.8 Å². The first-order valence-corrected chi connectivity index (χ1v) is 11.3. The maximum Gasteiger partial charge on any atom is 0.266 e. The summed E-state index contributed by atoms with van der Waals surface area (Å²) in [6.07, 6.45) is 1.62. The summed E-state index contributed by atoms with van der Waals surface area (Å²) in [6.45, 7) is 0. The van der Waals surface area contributed by atoms with Crippen molar-refractivity contribution in [3.63, 3.8) is 0 Å². The van der Waals surface area contributed by atoms with E-state index >= 15 is 0 Å². The highest BCUT2D eigenvalue weighted by Crippen LogP contribution is 2.43. The molecule has 13 heteroatoms. The molecule has 0 spiro atoms. The second kappa shape index (κ2) is 8.61. The Morgan fingerprint density at radius 3 is 2.64 bits per heavy atom. The molecule has 4 rings (SSSR count). The molecule has 0 saturated heterocycles. The topological polar surface area (TPSA) is 99.0 Å². The van der Waals surface area contributed by atoms with Crippen molar-refractivity contribution in [1.82, 2.24) is 19.7 Å². The van der Waals surface area contributed by atoms with E-state index in [2.05, 4.69) is 15.1 Å². The summed E-state index contributed by atoms with van der Waals surface area (Å²) >= 11 is 0. The predicted molar refractivity (Wildman–Crippen MR) is 108 cm³/mol. The number of rotatable bonds is 6. The van der Waals surface area contributed by atoms with Crippen LogP contribution in [0.25, 0.3) is 0 Å². The molecule has 2 heterocycles. The Morgan fingerprint density at radius 2 is 1.97 bits per heavy atom. The standard InChI is InChI=1S/C20H19F4N5O3S/c1-29-15(3-7-27-29)12-2-5-20(23,24)10-17(12)32-16-8-14(22)18(9-13(16)21)33(30,31)28-19-4-6-25-11-26-19/h3-4,6-9,11-12,17H,2,5,10H2,1H3,(H,25,26,28)/t12?,17-/m0/s1. The average Bonchev–Trinajstić information content (AvgIpc) is 3.16. The molecule has 0 amide bonds. The fourth-order valence-electron chi connectivity index (χ4n) is 3.81. The third-order valence-electron chi connectivity index (χ3n) is 5.38. The smallest absolute Gasteiger partial charge is 0.266 e. The summed E-state index contributed by atoms with van der Waals surface area (Å²) in [4.78, 5) is 6.32. The van der Waals surface area contributed by atoms with Gasteiger partial charge in [0.1, 0.15) is 29.0 Å². The first-order valence-electron chi connectivity index (χ1n) is 9.86. The van der Waals surface area contributed by atoms with Crippen molar-refractivity contribution in [3.05, 3.63) is 60.3 Å². The van der Waals surface area contributed by atoms with E-state index in [4.69, 9.17) is 4.74 Å². The summed E-state index contributed by atoms with van der Waals surface area (Å²) in [5.74, 6) is -6.91. The Labute approximate surface area is 186 Å². The molecule has 0 radical (unpaired) electrons. The monoisotopic (exact) mass is 485 g/mol. The molecule has 0 bridgehead atoms. The lowest BCUT2D eigenvalue weighted by atomic mass is 9.82. The first-order chi connectivity index (χ1) is 15.6. The van der Waals surface area contributed by atoms with E-state index in [1.165, 1.54) is 23.1 Å². The summed E-state index contributed by atoms with van der Waals surface area (Å²) in [5.41, 5.74) is 0.615. The van der Waals surface area contributed by atoms with Gasteiger partial charge in [0, 0.05) is 56.0 Å². The highest BCUT2D eigenvalue weighted by molar-refractivity contribution is 7.92. The molecule has 176 valence electrons. The minimum Gasteiger partial charge on any atom is -0.486 e. The fourth-order valence-corrected chi connectivity index (χ4v) is 4.89. The zero-order chi connectivity index (χ0) is 23.8. The number of sulfonamides is 1. The van der Waals surface area contributed by atoms with Gasteiger partial charge in [0.15, 0.2) is 11.6 Å². The highest BCUT2D eigenvalue weighted by Gasteiger charge is 2.44. The number of hydrogen-bond donors (Lipinski definition) is 1. The van der Waals surface area contributed by atoms with Gasteiger partial charge in [-0.2, -0.15) is 5.10 Å². The number of alkyl halides is 2. The van der Waals surface area contributed by atoms with Crippen LogP contribution < -0.4 is 9.46 Å². The molecule has 1 fully saturated rings. The van der Waals surface area contributed by atoms with Crippen molar-refractivity contribution in [2.45, 2.75) is 42.1 Å². The van der Waals surface area contributed by atoms with E-state index in [9.17, 15) is 26.0 Å². The summed E-state index contributed by atoms with van der Waals surface area (Å²) in [5, 5.41) is 4.03. The van der Waals surface area contributed by atoms with Crippen molar-refractivity contribution in [1.29, 1.82) is 0 Å². The van der Waals surface area contributed by atoms with Gasteiger partial charge in [-0.15, -0.1) is 0 Å². The minimum absolute atomic E-state index is 0.0522. The molecule has 33 heavy (non-hydrogen) atoms. The minimum atomic E-state index is -4.53. The summed E-state index contributed by atoms with van der Waals surface area (Å²) in [6, 6.07) is 3.85. The summed E-state index contributed by atoms with van der Waals surface area (Å²) in [7, 11) is -2.89. The molecule has 1 N–H and O–H groups in total. The maximum absolute atomic E-state index is 14.8. The van der Waals surface area contributed by atoms with Crippen LogP contribution in [0, 0.1) is 11.6 Å². The fraction of sp³-hybridized carbons (Fsp3) is 0.350. The van der Waals surface area contributed by atoms with E-state index in [1.807, 2.05) is 4.72 Å². The lowest BCUT2D eigenvalue weighted by Gasteiger charge is -2.36. The number of halogens is 4. The van der Waals surface area contributed by atoms with Crippen molar-refractivity contribution < 1.29 is 30.7 Å². The number of anilines is 1. The second-order valence-corrected chi connectivity index (χ2v) is 9.31. The molecule has 1 unspecified atom stereocenters. The van der Waals surface area contributed by atoms with Gasteiger partial charge >= 0.3 is 0 Å². The van der Waals surface area contributed by atoms with Crippen LogP contribution in [0.2, 0.25) is 0 Å². The van der Waals surface area contributed by atoms with Gasteiger partial charge < -0.3 is 4.74 Å². The molecule has 2 atom stereocenters. The van der Waals surface area contributed by atoms with Gasteiger partial charge in [0.05, 0.1) is 0 Å². The molecule has 1 saturated carbocycles. The zero-order valence-electron chi connectivity index (χ0n) is 17.3. The highest BCUT2D eigenvalue weighted by atomic mass is 32.2. The third kappa shape index (κ3) is 4.92. The van der Waals surface area contributed by atoms with Gasteiger partial charge in [0.2, 0.25) is 0 Å². The molecule has 1 aliphatic carbocycles. The van der Waals surface area contributed by atoms with Gasteiger partial charge in [-0.3, -0.25) is 9.40 Å². The quantitative estimate of drug-likeness (QED) is 0.536. The summed E-state index contributed by atoms with van der Waals surface area (Å²) < 4.78 is 91.7. The molecule has 1 aromatic carbocycles. The van der Waals surface area contributed by atoms with Crippen LogP contribution in [0.4, 0.5) is 23.4 Å². The average molecular weight is 485 g/mol. The van der Waals surface area contributed by atoms with E-state index in [-0.39, 0.29) is 18.7 Å². The van der Waals surface area contributed by atoms with Crippen LogP contribution in [-0.2, 0) is 17.1 Å². The molecule has 2 aromatic heterocycles. The van der Waals surface area contributed by atoms with E-state index in [0.29, 0.717) is 17.8 Å². The van der Waals surface area contributed by atoms with E-state index in [0.717, 1.165) is 6.33 Å². The van der Waals surface area contributed by atoms with Gasteiger partial charge in [-0.1, -0.05) is 0 Å². The Bertz CT molecular complexity index is 1250. The number of aromatic nitrogens is 4. The number of aryl methyl sites for hydroxylation is 1. The lowest BCUT2D eigenvalue weighted by Crippen LogP contribution is -2.39. The molecular formula is C20H19F4N5O3S. The van der Waals surface area contributed by atoms with Gasteiger partial charge in [-0.25, -0.2) is 35.9 Å². The van der Waals surface area contributed by atoms with Crippen molar-refractivity contribution in [2.24, 2.45) is 7.05 Å². The number of benzene rings is 1. The number of ether oxygens (including phenoxy) is 1. The van der Waals surface area contributed by atoms with Crippen LogP contribution in [0.1, 0.15) is 30.9 Å². The predicted octanol–water partition coefficient (Wildman–Crippen LogP) is 3.64. The molecule has 3 aromatic rings. The Kier molecular flexibility index (Phi) is 5.99. The van der Waals surface area contributed by atoms with Gasteiger partial charge in [-0.05, 0) is 18.6 Å². The molecular weight excluding hydrogens is 466 g/mol. The molecule has 1 aliphatic rings. The van der Waals surface area contributed by atoms with Crippen LogP contribution >= 0.6 is 0 Å². The normalized spacial score (nSPS) is 20.4. The Hall–Kier alpha value is -3.22. The Balaban J connectivity index is 1.62. The van der Waals surface area contributed by atoms with Gasteiger partial charge in [0.25, 0.3) is 15.9 Å². The largest absolute Gasteiger partial charge is 0.486 e. The third-order valence-corrected chi connectivity index (χ3v) is 6.75. The number of hydrogen-bond acceptors (Lipinski definition) is 6. The Morgan fingerprint density at radius 1 is 1.18 bits per heavy atom. The lowest BCUT2D eigenvalue weighted by molar-refractivity contribution is -0.0787. The number of nitrogens with zero attached hydrogens (tertiary/aromatic N) is 4. The van der Waals surface area contributed by atoms with Crippen LogP contribution in [0.15, 0.2) is 47.9 Å². The van der Waals surface area contributed by atoms with E-state index < -0.39 is 56.7 Å². The van der Waals surface area contributed by atoms with E-state index in [1.54, 1.807) is 13.1 Å². The first kappa shape index (κ1) is 23.0. The molecule has 0 aliphatic heterocycles. The SMILES string of the molecule is Cn1nccc1C1CCC(F)(F)C[C@@H]1Oc1cc(F)c(S(=O)(=O)Nc2ccncn2)cc1F. The zero-order valence-corrected chi connectivity index (χ0v) is 18.1. The van der Waals surface area contributed by atoms with Crippen LogP contribution in [0.3, 0.4) is 0 Å². The molecule has 8 nitrogen and oxygen atoms in total. The van der Waals surface area contributed by atoms with Crippen LogP contribution in [0.5, 0.6) is 5.75 Å².